The first-order valence-corrected chi connectivity index (χ1v) is 6.44. The lowest BCUT2D eigenvalue weighted by Crippen LogP contribution is -2.44. The summed E-state index contributed by atoms with van der Waals surface area (Å²) in [5.74, 6) is 1.98. The van der Waals surface area contributed by atoms with Gasteiger partial charge in [-0.3, -0.25) is 9.78 Å². The highest BCUT2D eigenvalue weighted by Gasteiger charge is 2.25. The van der Waals surface area contributed by atoms with Gasteiger partial charge < -0.3 is 10.6 Å². The number of carbonyl (C=O) groups is 1. The molecule has 0 radical (unpaired) electrons. The van der Waals surface area contributed by atoms with E-state index in [4.69, 9.17) is 5.73 Å². The number of pyridine rings is 1. The fraction of sp³-hybridized carbons (Fsp3) is 0.455. The smallest absolute Gasteiger partial charge is 0.272 e. The molecule has 1 unspecified atom stereocenters. The summed E-state index contributed by atoms with van der Waals surface area (Å²) in [6.45, 7) is 2.86. The van der Waals surface area contributed by atoms with E-state index in [1.807, 2.05) is 16.7 Å². The van der Waals surface area contributed by atoms with Crippen molar-refractivity contribution in [3.63, 3.8) is 0 Å². The number of rotatable bonds is 1. The van der Waals surface area contributed by atoms with Gasteiger partial charge in [0.2, 0.25) is 0 Å². The lowest BCUT2D eigenvalue weighted by atomic mass is 10.2. The Morgan fingerprint density at radius 3 is 3.19 bits per heavy atom. The predicted molar refractivity (Wildman–Crippen MR) is 66.5 cm³/mol. The maximum Gasteiger partial charge on any atom is 0.272 e. The van der Waals surface area contributed by atoms with Crippen molar-refractivity contribution in [1.29, 1.82) is 0 Å². The predicted octanol–water partition coefficient (Wildman–Crippen LogP) is 1.24. The highest BCUT2D eigenvalue weighted by atomic mass is 32.2. The number of anilines is 1. The minimum atomic E-state index is -0.0138. The van der Waals surface area contributed by atoms with Crippen LogP contribution in [-0.2, 0) is 0 Å². The van der Waals surface area contributed by atoms with Crippen molar-refractivity contribution in [3.05, 3.63) is 24.0 Å². The molecule has 1 aromatic rings. The van der Waals surface area contributed by atoms with E-state index in [1.54, 1.807) is 18.3 Å². The van der Waals surface area contributed by atoms with Crippen LogP contribution in [0, 0.1) is 0 Å². The number of aromatic nitrogens is 1. The van der Waals surface area contributed by atoms with E-state index >= 15 is 0 Å². The van der Waals surface area contributed by atoms with Crippen molar-refractivity contribution in [2.24, 2.45) is 0 Å². The molecule has 2 N–H and O–H groups in total. The Kier molecular flexibility index (Phi) is 3.33. The second kappa shape index (κ2) is 4.74. The molecule has 1 saturated heterocycles. The number of thioether (sulfide) groups is 1. The van der Waals surface area contributed by atoms with E-state index in [0.29, 0.717) is 11.4 Å². The second-order valence-electron chi connectivity index (χ2n) is 3.90. The summed E-state index contributed by atoms with van der Waals surface area (Å²) >= 11 is 1.88. The van der Waals surface area contributed by atoms with Crippen LogP contribution >= 0.6 is 11.8 Å². The van der Waals surface area contributed by atoms with E-state index < -0.39 is 0 Å². The maximum atomic E-state index is 12.2. The molecule has 0 saturated carbocycles. The van der Waals surface area contributed by atoms with Crippen molar-refractivity contribution in [2.75, 3.05) is 23.8 Å². The lowest BCUT2D eigenvalue weighted by Gasteiger charge is -2.32. The molecule has 16 heavy (non-hydrogen) atoms. The van der Waals surface area contributed by atoms with Crippen LogP contribution in [-0.4, -0.2) is 39.9 Å². The molecule has 0 aliphatic carbocycles. The molecular weight excluding hydrogens is 222 g/mol. The van der Waals surface area contributed by atoms with Crippen LogP contribution in [0.2, 0.25) is 0 Å². The van der Waals surface area contributed by atoms with Gasteiger partial charge in [0.15, 0.2) is 0 Å². The molecule has 1 aliphatic rings. The summed E-state index contributed by atoms with van der Waals surface area (Å²) in [6, 6.07) is 3.60. The Bertz CT molecular complexity index is 397. The third-order valence-corrected chi connectivity index (χ3v) is 3.82. The number of carbonyl (C=O) groups excluding carboxylic acids is 1. The summed E-state index contributed by atoms with van der Waals surface area (Å²) in [6.07, 6.45) is 1.58. The maximum absolute atomic E-state index is 12.2. The average Bonchev–Trinajstić information content (AvgIpc) is 2.29. The van der Waals surface area contributed by atoms with Gasteiger partial charge in [-0.15, -0.1) is 0 Å². The van der Waals surface area contributed by atoms with Crippen LogP contribution in [0.1, 0.15) is 17.4 Å². The molecular formula is C11H15N3OS. The van der Waals surface area contributed by atoms with Gasteiger partial charge in [0, 0.05) is 36.0 Å². The fourth-order valence-corrected chi connectivity index (χ4v) is 2.75. The largest absolute Gasteiger partial charge is 0.399 e. The molecule has 0 aromatic carbocycles. The molecule has 86 valence electrons. The molecule has 4 nitrogen and oxygen atoms in total. The summed E-state index contributed by atoms with van der Waals surface area (Å²) < 4.78 is 0. The van der Waals surface area contributed by atoms with E-state index in [2.05, 4.69) is 11.9 Å². The van der Waals surface area contributed by atoms with E-state index in [1.165, 1.54) is 0 Å². The third-order valence-electron chi connectivity index (χ3n) is 2.63. The standard InChI is InChI=1S/C11H15N3OS/c1-8-7-16-5-4-14(8)11(15)10-6-9(12)2-3-13-10/h2-3,6,8H,4-5,7H2,1H3,(H2,12,13). The van der Waals surface area contributed by atoms with Gasteiger partial charge in [0.05, 0.1) is 0 Å². The lowest BCUT2D eigenvalue weighted by molar-refractivity contribution is 0.0710. The monoisotopic (exact) mass is 237 g/mol. The van der Waals surface area contributed by atoms with Crippen molar-refractivity contribution in [1.82, 2.24) is 9.88 Å². The number of nitrogens with zero attached hydrogens (tertiary/aromatic N) is 2. The average molecular weight is 237 g/mol. The van der Waals surface area contributed by atoms with Crippen molar-refractivity contribution in [3.8, 4) is 0 Å². The van der Waals surface area contributed by atoms with Crippen LogP contribution in [0.3, 0.4) is 0 Å². The number of hydrogen-bond acceptors (Lipinski definition) is 4. The van der Waals surface area contributed by atoms with E-state index in [9.17, 15) is 4.79 Å². The van der Waals surface area contributed by atoms with Crippen LogP contribution in [0.25, 0.3) is 0 Å². The normalized spacial score (nSPS) is 20.8. The molecule has 1 atom stereocenters. The van der Waals surface area contributed by atoms with Gasteiger partial charge in [-0.2, -0.15) is 11.8 Å². The van der Waals surface area contributed by atoms with Gasteiger partial charge >= 0.3 is 0 Å². The molecule has 1 fully saturated rings. The highest BCUT2D eigenvalue weighted by molar-refractivity contribution is 7.99. The molecule has 2 rings (SSSR count). The Balaban J connectivity index is 2.17. The molecule has 1 amide bonds. The van der Waals surface area contributed by atoms with Crippen LogP contribution in [0.15, 0.2) is 18.3 Å². The first-order valence-electron chi connectivity index (χ1n) is 5.28. The van der Waals surface area contributed by atoms with Crippen LogP contribution in [0.4, 0.5) is 5.69 Å². The zero-order valence-electron chi connectivity index (χ0n) is 9.22. The number of nitrogens with two attached hydrogens (primary N) is 1. The summed E-state index contributed by atoms with van der Waals surface area (Å²) in [7, 11) is 0. The molecule has 1 aromatic heterocycles. The van der Waals surface area contributed by atoms with Gasteiger partial charge in [-0.25, -0.2) is 0 Å². The zero-order chi connectivity index (χ0) is 11.5. The number of hydrogen-bond donors (Lipinski definition) is 1. The SMILES string of the molecule is CC1CSCCN1C(=O)c1cc(N)ccn1. The zero-order valence-corrected chi connectivity index (χ0v) is 10.0. The summed E-state index contributed by atoms with van der Waals surface area (Å²) in [5, 5.41) is 0. The second-order valence-corrected chi connectivity index (χ2v) is 5.05. The van der Waals surface area contributed by atoms with Crippen molar-refractivity contribution < 1.29 is 4.79 Å². The minimum absolute atomic E-state index is 0.0138. The van der Waals surface area contributed by atoms with Gasteiger partial charge in [-0.1, -0.05) is 0 Å². The van der Waals surface area contributed by atoms with Crippen molar-refractivity contribution >= 4 is 23.4 Å². The molecule has 5 heteroatoms. The minimum Gasteiger partial charge on any atom is -0.399 e. The highest BCUT2D eigenvalue weighted by Crippen LogP contribution is 2.18. The van der Waals surface area contributed by atoms with Crippen molar-refractivity contribution in [2.45, 2.75) is 13.0 Å². The summed E-state index contributed by atoms with van der Waals surface area (Å²) in [5.41, 5.74) is 6.67. The first kappa shape index (κ1) is 11.3. The van der Waals surface area contributed by atoms with Gasteiger partial charge in [-0.05, 0) is 19.1 Å². The van der Waals surface area contributed by atoms with Crippen LogP contribution in [0.5, 0.6) is 0 Å². The Hall–Kier alpha value is -1.23. The fourth-order valence-electron chi connectivity index (χ4n) is 1.74. The topological polar surface area (TPSA) is 59.2 Å². The van der Waals surface area contributed by atoms with E-state index in [-0.39, 0.29) is 11.9 Å². The third kappa shape index (κ3) is 2.29. The molecule has 0 bridgehead atoms. The molecule has 0 spiro atoms. The first-order chi connectivity index (χ1) is 7.68. The Labute approximate surface area is 99.2 Å². The Morgan fingerprint density at radius 2 is 2.50 bits per heavy atom. The molecule has 1 aliphatic heterocycles. The summed E-state index contributed by atoms with van der Waals surface area (Å²) in [4.78, 5) is 18.1. The van der Waals surface area contributed by atoms with Gasteiger partial charge in [0.1, 0.15) is 5.69 Å². The van der Waals surface area contributed by atoms with E-state index in [0.717, 1.165) is 18.1 Å². The Morgan fingerprint density at radius 1 is 1.69 bits per heavy atom. The molecule has 2 heterocycles. The number of amides is 1. The number of nitrogen functional groups attached to an aromatic ring is 1. The van der Waals surface area contributed by atoms with Gasteiger partial charge in [0.25, 0.3) is 5.91 Å². The van der Waals surface area contributed by atoms with Crippen LogP contribution < -0.4 is 5.73 Å². The quantitative estimate of drug-likeness (QED) is 0.798.